The number of nitrogens with two attached hydrogens (primary N) is 1. The van der Waals surface area contributed by atoms with Crippen molar-refractivity contribution in [2.75, 3.05) is 11.9 Å². The summed E-state index contributed by atoms with van der Waals surface area (Å²) >= 11 is 0. The molecule has 8 nitrogen and oxygen atoms in total. The number of ether oxygens (including phenoxy) is 1. The number of carbonyl (C=O) groups excluding carboxylic acids is 2. The molecule has 0 aliphatic heterocycles. The maximum Gasteiger partial charge on any atom is 0.420 e. The Morgan fingerprint density at radius 2 is 1.85 bits per heavy atom. The van der Waals surface area contributed by atoms with Gasteiger partial charge in [0.1, 0.15) is 6.61 Å². The zero-order valence-electron chi connectivity index (χ0n) is 13.8. The number of hydrogen-bond acceptors (Lipinski definition) is 5. The summed E-state index contributed by atoms with van der Waals surface area (Å²) < 4.78 is 11.7. The van der Waals surface area contributed by atoms with Gasteiger partial charge in [-0.25, -0.2) is 9.59 Å². The molecule has 3 aromatic rings. The third-order valence-electron chi connectivity index (χ3n) is 3.72. The average molecular weight is 355 g/mol. The summed E-state index contributed by atoms with van der Waals surface area (Å²) in [5, 5.41) is 2.44. The van der Waals surface area contributed by atoms with Crippen LogP contribution in [0.1, 0.15) is 5.56 Å². The number of aromatic nitrogens is 1. The van der Waals surface area contributed by atoms with Crippen LogP contribution in [0.2, 0.25) is 0 Å². The molecule has 8 heteroatoms. The Labute approximate surface area is 148 Å². The maximum absolute atomic E-state index is 11.9. The van der Waals surface area contributed by atoms with Crippen LogP contribution in [-0.2, 0) is 22.5 Å². The summed E-state index contributed by atoms with van der Waals surface area (Å²) in [5.74, 6) is -0.902. The highest BCUT2D eigenvalue weighted by molar-refractivity contribution is 5.87. The molecule has 0 fully saturated rings. The Kier molecular flexibility index (Phi) is 5.02. The Morgan fingerprint density at radius 3 is 2.58 bits per heavy atom. The first kappa shape index (κ1) is 17.3. The molecule has 0 saturated carbocycles. The number of urea groups is 1. The smallest absolute Gasteiger partial charge is 0.420 e. The van der Waals surface area contributed by atoms with E-state index in [2.05, 4.69) is 5.32 Å². The van der Waals surface area contributed by atoms with Crippen molar-refractivity contribution in [2.24, 2.45) is 5.73 Å². The number of benzene rings is 2. The average Bonchev–Trinajstić information content (AvgIpc) is 2.92. The van der Waals surface area contributed by atoms with Crippen LogP contribution in [0.4, 0.5) is 10.5 Å². The van der Waals surface area contributed by atoms with E-state index in [4.69, 9.17) is 14.9 Å². The largest absolute Gasteiger partial charge is 0.464 e. The van der Waals surface area contributed by atoms with E-state index in [9.17, 15) is 14.4 Å². The van der Waals surface area contributed by atoms with Crippen molar-refractivity contribution in [3.8, 4) is 0 Å². The number of esters is 1. The molecule has 2 aromatic carbocycles. The van der Waals surface area contributed by atoms with Gasteiger partial charge in [0.05, 0.1) is 18.5 Å². The van der Waals surface area contributed by atoms with Gasteiger partial charge >= 0.3 is 17.8 Å². The number of anilines is 1. The van der Waals surface area contributed by atoms with Gasteiger partial charge in [0, 0.05) is 5.69 Å². The lowest BCUT2D eigenvalue weighted by Gasteiger charge is -2.07. The fourth-order valence-corrected chi connectivity index (χ4v) is 2.54. The number of nitrogens with zero attached hydrogens (tertiary/aromatic N) is 1. The highest BCUT2D eigenvalue weighted by Gasteiger charge is 2.10. The van der Waals surface area contributed by atoms with E-state index < -0.39 is 17.8 Å². The molecule has 0 atom stereocenters. The van der Waals surface area contributed by atoms with Crippen molar-refractivity contribution in [1.29, 1.82) is 0 Å². The second-order valence-corrected chi connectivity index (χ2v) is 5.57. The van der Waals surface area contributed by atoms with Gasteiger partial charge < -0.3 is 20.2 Å². The van der Waals surface area contributed by atoms with E-state index in [-0.39, 0.29) is 19.6 Å². The number of hydrogen-bond donors (Lipinski definition) is 2. The molecule has 2 amide bonds. The second-order valence-electron chi connectivity index (χ2n) is 5.57. The fraction of sp³-hybridized carbons (Fsp3) is 0.167. The summed E-state index contributed by atoms with van der Waals surface area (Å²) in [6.45, 7) is 0.270. The molecule has 1 aromatic heterocycles. The van der Waals surface area contributed by atoms with E-state index in [1.807, 2.05) is 0 Å². The Morgan fingerprint density at radius 1 is 1.12 bits per heavy atom. The fourth-order valence-electron chi connectivity index (χ4n) is 2.54. The highest BCUT2D eigenvalue weighted by Crippen LogP contribution is 2.12. The van der Waals surface area contributed by atoms with E-state index in [1.54, 1.807) is 48.5 Å². The Balaban J connectivity index is 1.53. The molecule has 3 N–H and O–H groups in total. The number of amides is 2. The van der Waals surface area contributed by atoms with Crippen molar-refractivity contribution in [3.05, 3.63) is 64.6 Å². The van der Waals surface area contributed by atoms with Crippen molar-refractivity contribution in [1.82, 2.24) is 4.57 Å². The first-order valence-corrected chi connectivity index (χ1v) is 7.92. The number of nitrogens with one attached hydrogen (secondary N) is 1. The lowest BCUT2D eigenvalue weighted by atomic mass is 10.1. The van der Waals surface area contributed by atoms with Gasteiger partial charge in [-0.2, -0.15) is 0 Å². The standard InChI is InChI=1S/C18H17N3O5/c19-17(23)20-13-7-5-12(6-8-13)11-16(22)25-10-9-21-14-3-1-2-4-15(14)26-18(21)24/h1-8H,9-11H2,(H3,19,20,23). The molecular formula is C18H17N3O5. The first-order valence-electron chi connectivity index (χ1n) is 7.92. The maximum atomic E-state index is 11.9. The molecule has 3 rings (SSSR count). The van der Waals surface area contributed by atoms with Gasteiger partial charge in [0.15, 0.2) is 5.58 Å². The van der Waals surface area contributed by atoms with Crippen LogP contribution < -0.4 is 16.8 Å². The molecule has 0 spiro atoms. The van der Waals surface area contributed by atoms with Crippen LogP contribution in [0.3, 0.4) is 0 Å². The van der Waals surface area contributed by atoms with Crippen LogP contribution in [-0.4, -0.2) is 23.2 Å². The van der Waals surface area contributed by atoms with E-state index >= 15 is 0 Å². The molecule has 0 aliphatic rings. The zero-order valence-corrected chi connectivity index (χ0v) is 13.8. The summed E-state index contributed by atoms with van der Waals surface area (Å²) in [6.07, 6.45) is 0.0812. The number of oxazole rings is 1. The van der Waals surface area contributed by atoms with Crippen molar-refractivity contribution in [2.45, 2.75) is 13.0 Å². The Bertz CT molecular complexity index is 988. The summed E-state index contributed by atoms with van der Waals surface area (Å²) in [6, 6.07) is 13.1. The highest BCUT2D eigenvalue weighted by atomic mass is 16.5. The Hall–Kier alpha value is -3.55. The zero-order chi connectivity index (χ0) is 18.5. The van der Waals surface area contributed by atoms with Crippen LogP contribution in [0.15, 0.2) is 57.7 Å². The number of rotatable bonds is 6. The normalized spacial score (nSPS) is 10.6. The topological polar surface area (TPSA) is 117 Å². The van der Waals surface area contributed by atoms with Crippen LogP contribution in [0.5, 0.6) is 0 Å². The third kappa shape index (κ3) is 4.10. The molecule has 1 heterocycles. The molecule has 26 heavy (non-hydrogen) atoms. The van der Waals surface area contributed by atoms with Crippen LogP contribution in [0.25, 0.3) is 11.1 Å². The lowest BCUT2D eigenvalue weighted by molar-refractivity contribution is -0.143. The van der Waals surface area contributed by atoms with Gasteiger partial charge in [-0.15, -0.1) is 0 Å². The monoisotopic (exact) mass is 355 g/mol. The molecule has 0 unspecified atom stereocenters. The van der Waals surface area contributed by atoms with E-state index in [1.165, 1.54) is 4.57 Å². The van der Waals surface area contributed by atoms with E-state index in [0.29, 0.717) is 16.8 Å². The number of para-hydroxylation sites is 2. The van der Waals surface area contributed by atoms with E-state index in [0.717, 1.165) is 5.56 Å². The molecule has 0 aliphatic carbocycles. The molecule has 134 valence electrons. The molecule has 0 saturated heterocycles. The predicted molar refractivity (Wildman–Crippen MR) is 94.8 cm³/mol. The molecule has 0 bridgehead atoms. The lowest BCUT2D eigenvalue weighted by Crippen LogP contribution is -2.20. The minimum atomic E-state index is -0.654. The summed E-state index contributed by atoms with van der Waals surface area (Å²) in [5.41, 5.74) is 7.46. The van der Waals surface area contributed by atoms with Gasteiger partial charge in [-0.3, -0.25) is 9.36 Å². The third-order valence-corrected chi connectivity index (χ3v) is 3.72. The second kappa shape index (κ2) is 7.56. The van der Waals surface area contributed by atoms with Gasteiger partial charge in [-0.05, 0) is 29.8 Å². The number of carbonyl (C=O) groups is 2. The minimum Gasteiger partial charge on any atom is -0.464 e. The number of fused-ring (bicyclic) bond motifs is 1. The summed E-state index contributed by atoms with van der Waals surface area (Å²) in [7, 11) is 0. The van der Waals surface area contributed by atoms with Gasteiger partial charge in [0.25, 0.3) is 0 Å². The van der Waals surface area contributed by atoms with Crippen molar-refractivity contribution < 1.29 is 18.7 Å². The SMILES string of the molecule is NC(=O)Nc1ccc(CC(=O)OCCn2c(=O)oc3ccccc32)cc1. The quantitative estimate of drug-likeness (QED) is 0.655. The van der Waals surface area contributed by atoms with Crippen molar-refractivity contribution in [3.63, 3.8) is 0 Å². The first-order chi connectivity index (χ1) is 12.5. The minimum absolute atomic E-state index is 0.0591. The van der Waals surface area contributed by atoms with Crippen LogP contribution in [0, 0.1) is 0 Å². The number of primary amides is 1. The van der Waals surface area contributed by atoms with Crippen molar-refractivity contribution >= 4 is 28.8 Å². The molecular weight excluding hydrogens is 338 g/mol. The van der Waals surface area contributed by atoms with Crippen LogP contribution >= 0.6 is 0 Å². The molecule has 0 radical (unpaired) electrons. The van der Waals surface area contributed by atoms with Gasteiger partial charge in [-0.1, -0.05) is 24.3 Å². The predicted octanol–water partition coefficient (Wildman–Crippen LogP) is 1.87. The van der Waals surface area contributed by atoms with Gasteiger partial charge in [0.2, 0.25) is 0 Å². The summed E-state index contributed by atoms with van der Waals surface area (Å²) in [4.78, 5) is 34.5.